The van der Waals surface area contributed by atoms with Crippen molar-refractivity contribution in [2.24, 2.45) is 5.73 Å². The van der Waals surface area contributed by atoms with E-state index >= 15 is 0 Å². The van der Waals surface area contributed by atoms with Crippen LogP contribution in [0, 0.1) is 5.82 Å². The molecule has 0 spiro atoms. The third-order valence-corrected chi connectivity index (χ3v) is 2.80. The molecule has 106 valence electrons. The molecular weight excluding hydrogens is 259 g/mol. The lowest BCUT2D eigenvalue weighted by atomic mass is 10.2. The summed E-state index contributed by atoms with van der Waals surface area (Å²) in [6.07, 6.45) is 3.08. The Kier molecular flexibility index (Phi) is 4.84. The van der Waals surface area contributed by atoms with Crippen molar-refractivity contribution in [1.82, 2.24) is 9.97 Å². The Morgan fingerprint density at radius 3 is 2.70 bits per heavy atom. The standard InChI is InChI=1S/C14H17FN4O/c1-20-13-5-2-4-12(8-13)19(7-3-6-16)14-17-9-11(15)10-18-14/h2,4-5,8-10H,3,6-7,16H2,1H3. The SMILES string of the molecule is COc1cccc(N(CCCN)c2ncc(F)cn2)c1. The normalized spacial score (nSPS) is 10.3. The Morgan fingerprint density at radius 2 is 2.05 bits per heavy atom. The molecule has 0 unspecified atom stereocenters. The summed E-state index contributed by atoms with van der Waals surface area (Å²) >= 11 is 0. The van der Waals surface area contributed by atoms with Gasteiger partial charge in [-0.25, -0.2) is 14.4 Å². The minimum absolute atomic E-state index is 0.438. The lowest BCUT2D eigenvalue weighted by Crippen LogP contribution is -2.23. The van der Waals surface area contributed by atoms with Gasteiger partial charge in [-0.1, -0.05) is 6.07 Å². The Balaban J connectivity index is 2.32. The van der Waals surface area contributed by atoms with Crippen LogP contribution in [0.2, 0.25) is 0 Å². The topological polar surface area (TPSA) is 64.3 Å². The summed E-state index contributed by atoms with van der Waals surface area (Å²) in [5, 5.41) is 0. The van der Waals surface area contributed by atoms with E-state index in [0.29, 0.717) is 19.0 Å². The summed E-state index contributed by atoms with van der Waals surface area (Å²) in [6.45, 7) is 1.21. The Bertz CT molecular complexity index is 547. The molecule has 0 amide bonds. The van der Waals surface area contributed by atoms with Gasteiger partial charge < -0.3 is 15.4 Å². The zero-order valence-corrected chi connectivity index (χ0v) is 11.3. The van der Waals surface area contributed by atoms with E-state index in [-0.39, 0.29) is 0 Å². The summed E-state index contributed by atoms with van der Waals surface area (Å²) in [5.74, 6) is 0.716. The molecular formula is C14H17FN4O. The largest absolute Gasteiger partial charge is 0.497 e. The Morgan fingerprint density at radius 1 is 1.30 bits per heavy atom. The van der Waals surface area contributed by atoms with E-state index in [4.69, 9.17) is 10.5 Å². The molecule has 2 aromatic rings. The van der Waals surface area contributed by atoms with Crippen LogP contribution in [-0.4, -0.2) is 30.2 Å². The molecule has 2 rings (SSSR count). The fourth-order valence-corrected chi connectivity index (χ4v) is 1.82. The number of nitrogens with zero attached hydrogens (tertiary/aromatic N) is 3. The first-order valence-corrected chi connectivity index (χ1v) is 6.34. The van der Waals surface area contributed by atoms with E-state index in [1.807, 2.05) is 29.2 Å². The van der Waals surface area contributed by atoms with Gasteiger partial charge in [0.05, 0.1) is 19.5 Å². The molecule has 0 aliphatic carbocycles. The van der Waals surface area contributed by atoms with Gasteiger partial charge in [0, 0.05) is 18.3 Å². The molecule has 0 aliphatic heterocycles. The molecule has 0 aliphatic rings. The second-order valence-corrected chi connectivity index (χ2v) is 4.20. The minimum Gasteiger partial charge on any atom is -0.497 e. The molecule has 0 atom stereocenters. The first-order valence-electron chi connectivity index (χ1n) is 6.34. The monoisotopic (exact) mass is 276 g/mol. The first-order chi connectivity index (χ1) is 9.74. The van der Waals surface area contributed by atoms with Crippen molar-refractivity contribution in [1.29, 1.82) is 0 Å². The van der Waals surface area contributed by atoms with E-state index < -0.39 is 5.82 Å². The average Bonchev–Trinajstić information content (AvgIpc) is 2.49. The molecule has 6 heteroatoms. The smallest absolute Gasteiger partial charge is 0.230 e. The first kappa shape index (κ1) is 14.2. The van der Waals surface area contributed by atoms with Crippen LogP contribution in [0.25, 0.3) is 0 Å². The highest BCUT2D eigenvalue weighted by molar-refractivity contribution is 5.59. The number of aromatic nitrogens is 2. The van der Waals surface area contributed by atoms with Gasteiger partial charge in [0.2, 0.25) is 5.95 Å². The van der Waals surface area contributed by atoms with Gasteiger partial charge in [0.15, 0.2) is 5.82 Å². The van der Waals surface area contributed by atoms with E-state index in [1.54, 1.807) is 7.11 Å². The van der Waals surface area contributed by atoms with Gasteiger partial charge in [0.1, 0.15) is 5.75 Å². The Hall–Kier alpha value is -2.21. The number of halogens is 1. The zero-order valence-electron chi connectivity index (χ0n) is 11.3. The van der Waals surface area contributed by atoms with Crippen molar-refractivity contribution < 1.29 is 9.13 Å². The van der Waals surface area contributed by atoms with E-state index in [2.05, 4.69) is 9.97 Å². The predicted octanol–water partition coefficient (Wildman–Crippen LogP) is 2.11. The third-order valence-electron chi connectivity index (χ3n) is 2.80. The summed E-state index contributed by atoms with van der Waals surface area (Å²) in [7, 11) is 1.61. The molecule has 0 radical (unpaired) electrons. The molecule has 5 nitrogen and oxygen atoms in total. The molecule has 2 N–H and O–H groups in total. The van der Waals surface area contributed by atoms with E-state index in [1.165, 1.54) is 0 Å². The maximum atomic E-state index is 12.9. The number of benzene rings is 1. The van der Waals surface area contributed by atoms with Gasteiger partial charge in [-0.2, -0.15) is 0 Å². The van der Waals surface area contributed by atoms with Gasteiger partial charge in [0.25, 0.3) is 0 Å². The molecule has 1 aromatic heterocycles. The van der Waals surface area contributed by atoms with Crippen molar-refractivity contribution in [2.75, 3.05) is 25.1 Å². The van der Waals surface area contributed by atoms with E-state index in [0.717, 1.165) is 30.3 Å². The van der Waals surface area contributed by atoms with Crippen molar-refractivity contribution in [3.8, 4) is 5.75 Å². The highest BCUT2D eigenvalue weighted by atomic mass is 19.1. The number of nitrogens with two attached hydrogens (primary N) is 1. The quantitative estimate of drug-likeness (QED) is 0.875. The summed E-state index contributed by atoms with van der Waals surface area (Å²) in [5.41, 5.74) is 6.44. The van der Waals surface area contributed by atoms with Crippen molar-refractivity contribution in [3.63, 3.8) is 0 Å². The molecule has 1 heterocycles. The Labute approximate surface area is 117 Å². The van der Waals surface area contributed by atoms with Crippen LogP contribution in [0.1, 0.15) is 6.42 Å². The fraction of sp³-hybridized carbons (Fsp3) is 0.286. The number of methoxy groups -OCH3 is 1. The van der Waals surface area contributed by atoms with Crippen molar-refractivity contribution in [3.05, 3.63) is 42.5 Å². The molecule has 0 fully saturated rings. The second-order valence-electron chi connectivity index (χ2n) is 4.20. The average molecular weight is 276 g/mol. The number of ether oxygens (including phenoxy) is 1. The van der Waals surface area contributed by atoms with Crippen LogP contribution in [0.3, 0.4) is 0 Å². The van der Waals surface area contributed by atoms with Crippen molar-refractivity contribution in [2.45, 2.75) is 6.42 Å². The maximum absolute atomic E-state index is 12.9. The van der Waals surface area contributed by atoms with E-state index in [9.17, 15) is 4.39 Å². The van der Waals surface area contributed by atoms with Crippen LogP contribution in [0.4, 0.5) is 16.0 Å². The number of hydrogen-bond donors (Lipinski definition) is 1. The highest BCUT2D eigenvalue weighted by Gasteiger charge is 2.12. The summed E-state index contributed by atoms with van der Waals surface area (Å²) in [4.78, 5) is 9.93. The lowest BCUT2D eigenvalue weighted by molar-refractivity contribution is 0.415. The number of rotatable bonds is 6. The minimum atomic E-state index is -0.460. The molecule has 1 aromatic carbocycles. The number of hydrogen-bond acceptors (Lipinski definition) is 5. The van der Waals surface area contributed by atoms with Crippen LogP contribution in [-0.2, 0) is 0 Å². The van der Waals surface area contributed by atoms with Crippen molar-refractivity contribution >= 4 is 11.6 Å². The van der Waals surface area contributed by atoms with Gasteiger partial charge in [-0.05, 0) is 25.1 Å². The van der Waals surface area contributed by atoms with Gasteiger partial charge in [-0.3, -0.25) is 0 Å². The second kappa shape index (κ2) is 6.81. The lowest BCUT2D eigenvalue weighted by Gasteiger charge is -2.22. The summed E-state index contributed by atoms with van der Waals surface area (Å²) < 4.78 is 18.2. The number of anilines is 2. The van der Waals surface area contributed by atoms with Crippen LogP contribution in [0.5, 0.6) is 5.75 Å². The zero-order chi connectivity index (χ0) is 14.4. The molecule has 0 saturated heterocycles. The molecule has 0 saturated carbocycles. The van der Waals surface area contributed by atoms with Crippen LogP contribution >= 0.6 is 0 Å². The van der Waals surface area contributed by atoms with Crippen LogP contribution < -0.4 is 15.4 Å². The third kappa shape index (κ3) is 3.42. The fourth-order valence-electron chi connectivity index (χ4n) is 1.82. The van der Waals surface area contributed by atoms with Gasteiger partial charge >= 0.3 is 0 Å². The summed E-state index contributed by atoms with van der Waals surface area (Å²) in [6, 6.07) is 7.54. The predicted molar refractivity (Wildman–Crippen MR) is 75.7 cm³/mol. The highest BCUT2D eigenvalue weighted by Crippen LogP contribution is 2.25. The van der Waals surface area contributed by atoms with Crippen LogP contribution in [0.15, 0.2) is 36.7 Å². The van der Waals surface area contributed by atoms with Gasteiger partial charge in [-0.15, -0.1) is 0 Å². The molecule has 0 bridgehead atoms. The molecule has 20 heavy (non-hydrogen) atoms. The maximum Gasteiger partial charge on any atom is 0.230 e.